The normalized spacial score (nSPS) is 10.5. The highest BCUT2D eigenvalue weighted by Crippen LogP contribution is 2.25. The van der Waals surface area contributed by atoms with Gasteiger partial charge in [0.1, 0.15) is 11.6 Å². The summed E-state index contributed by atoms with van der Waals surface area (Å²) in [6.45, 7) is 2.09. The van der Waals surface area contributed by atoms with Crippen LogP contribution in [0.3, 0.4) is 0 Å². The monoisotopic (exact) mass is 247 g/mol. The highest BCUT2D eigenvalue weighted by molar-refractivity contribution is 6.30. The number of aryl methyl sites for hydroxylation is 1. The Labute approximate surface area is 106 Å². The second-order valence-electron chi connectivity index (χ2n) is 3.84. The lowest BCUT2D eigenvalue weighted by Gasteiger charge is -2.06. The van der Waals surface area contributed by atoms with Crippen LogP contribution in [0.1, 0.15) is 19.2 Å². The maximum absolute atomic E-state index is 5.94. The van der Waals surface area contributed by atoms with Crippen molar-refractivity contribution in [2.75, 3.05) is 5.73 Å². The van der Waals surface area contributed by atoms with Gasteiger partial charge in [-0.2, -0.15) is 0 Å². The number of aromatic nitrogens is 2. The van der Waals surface area contributed by atoms with Crippen molar-refractivity contribution in [3.63, 3.8) is 0 Å². The first-order valence-electron chi connectivity index (χ1n) is 5.58. The summed E-state index contributed by atoms with van der Waals surface area (Å²) >= 11 is 5.84. The number of nitrogens with two attached hydrogens (primary N) is 1. The minimum atomic E-state index is 0.519. The Hall–Kier alpha value is -1.61. The van der Waals surface area contributed by atoms with Crippen LogP contribution in [-0.2, 0) is 6.42 Å². The fourth-order valence-electron chi connectivity index (χ4n) is 1.63. The number of anilines is 1. The smallest absolute Gasteiger partial charge is 0.135 e. The maximum Gasteiger partial charge on any atom is 0.135 e. The lowest BCUT2D eigenvalue weighted by atomic mass is 10.1. The van der Waals surface area contributed by atoms with Gasteiger partial charge < -0.3 is 5.73 Å². The molecule has 17 heavy (non-hydrogen) atoms. The van der Waals surface area contributed by atoms with E-state index in [-0.39, 0.29) is 0 Å². The number of hydrogen-bond donors (Lipinski definition) is 1. The second-order valence-corrected chi connectivity index (χ2v) is 4.28. The Morgan fingerprint density at radius 1 is 1.24 bits per heavy atom. The molecule has 2 N–H and O–H groups in total. The van der Waals surface area contributed by atoms with E-state index in [9.17, 15) is 0 Å². The zero-order chi connectivity index (χ0) is 12.3. The van der Waals surface area contributed by atoms with E-state index in [1.54, 1.807) is 6.20 Å². The van der Waals surface area contributed by atoms with Gasteiger partial charge in [-0.05, 0) is 24.1 Å². The van der Waals surface area contributed by atoms with Crippen molar-refractivity contribution >= 4 is 17.4 Å². The Morgan fingerprint density at radius 3 is 2.53 bits per heavy atom. The van der Waals surface area contributed by atoms with E-state index in [1.807, 2.05) is 24.3 Å². The van der Waals surface area contributed by atoms with E-state index in [0.717, 1.165) is 29.8 Å². The lowest BCUT2D eigenvalue weighted by molar-refractivity contribution is 0.838. The van der Waals surface area contributed by atoms with Gasteiger partial charge in [0.2, 0.25) is 0 Å². The molecule has 0 spiro atoms. The predicted molar refractivity (Wildman–Crippen MR) is 70.9 cm³/mol. The van der Waals surface area contributed by atoms with Gasteiger partial charge >= 0.3 is 0 Å². The molecule has 0 unspecified atom stereocenters. The SMILES string of the molecule is CCCc1ncc(-c2ccc(Cl)cc2)c(N)n1. The third kappa shape index (κ3) is 2.74. The molecule has 1 aromatic carbocycles. The summed E-state index contributed by atoms with van der Waals surface area (Å²) in [5.74, 6) is 1.31. The molecule has 1 heterocycles. The number of halogens is 1. The van der Waals surface area contributed by atoms with Crippen molar-refractivity contribution in [1.29, 1.82) is 0 Å². The summed E-state index contributed by atoms with van der Waals surface area (Å²) in [5, 5.41) is 0.704. The highest BCUT2D eigenvalue weighted by Gasteiger charge is 2.06. The second kappa shape index (κ2) is 5.15. The predicted octanol–water partition coefficient (Wildman–Crippen LogP) is 3.33. The van der Waals surface area contributed by atoms with Crippen LogP contribution in [0.2, 0.25) is 5.02 Å². The molecule has 0 atom stereocenters. The first-order valence-corrected chi connectivity index (χ1v) is 5.96. The van der Waals surface area contributed by atoms with Crippen molar-refractivity contribution in [1.82, 2.24) is 9.97 Å². The summed E-state index contributed by atoms with van der Waals surface area (Å²) < 4.78 is 0. The van der Waals surface area contributed by atoms with Crippen LogP contribution in [-0.4, -0.2) is 9.97 Å². The van der Waals surface area contributed by atoms with Gasteiger partial charge in [-0.1, -0.05) is 30.7 Å². The molecule has 1 aromatic heterocycles. The van der Waals surface area contributed by atoms with E-state index in [4.69, 9.17) is 17.3 Å². The molecule has 0 aliphatic heterocycles. The fraction of sp³-hybridized carbons (Fsp3) is 0.231. The Morgan fingerprint density at radius 2 is 1.94 bits per heavy atom. The van der Waals surface area contributed by atoms with Crippen molar-refractivity contribution in [2.45, 2.75) is 19.8 Å². The standard InChI is InChI=1S/C13H14ClN3/c1-2-3-12-16-8-11(13(15)17-12)9-4-6-10(14)7-5-9/h4-8H,2-3H2,1H3,(H2,15,16,17). The van der Waals surface area contributed by atoms with E-state index >= 15 is 0 Å². The first-order chi connectivity index (χ1) is 8.20. The van der Waals surface area contributed by atoms with Crippen LogP contribution in [0.5, 0.6) is 0 Å². The molecule has 0 radical (unpaired) electrons. The van der Waals surface area contributed by atoms with Gasteiger partial charge in [-0.15, -0.1) is 0 Å². The molecule has 0 aliphatic rings. The molecule has 3 nitrogen and oxygen atoms in total. The minimum Gasteiger partial charge on any atom is -0.383 e. The fourth-order valence-corrected chi connectivity index (χ4v) is 1.76. The number of hydrogen-bond acceptors (Lipinski definition) is 3. The van der Waals surface area contributed by atoms with Crippen molar-refractivity contribution in [3.8, 4) is 11.1 Å². The van der Waals surface area contributed by atoms with Gasteiger partial charge in [0.05, 0.1) is 0 Å². The lowest BCUT2D eigenvalue weighted by Crippen LogP contribution is -2.01. The summed E-state index contributed by atoms with van der Waals surface area (Å²) in [4.78, 5) is 8.60. The highest BCUT2D eigenvalue weighted by atomic mass is 35.5. The summed E-state index contributed by atoms with van der Waals surface area (Å²) in [6.07, 6.45) is 3.64. The van der Waals surface area contributed by atoms with Gasteiger partial charge in [-0.3, -0.25) is 0 Å². The molecule has 4 heteroatoms. The van der Waals surface area contributed by atoms with Crippen LogP contribution >= 0.6 is 11.6 Å². The molecule has 0 saturated carbocycles. The van der Waals surface area contributed by atoms with Crippen LogP contribution in [0.25, 0.3) is 11.1 Å². The quantitative estimate of drug-likeness (QED) is 0.905. The zero-order valence-electron chi connectivity index (χ0n) is 9.65. The number of nitrogens with zero attached hydrogens (tertiary/aromatic N) is 2. The van der Waals surface area contributed by atoms with Gasteiger partial charge in [0, 0.05) is 23.2 Å². The molecule has 2 rings (SSSR count). The molecular weight excluding hydrogens is 234 g/mol. The number of benzene rings is 1. The molecule has 0 amide bonds. The zero-order valence-corrected chi connectivity index (χ0v) is 10.4. The van der Waals surface area contributed by atoms with E-state index in [2.05, 4.69) is 16.9 Å². The number of rotatable bonds is 3. The molecule has 0 fully saturated rings. The average Bonchev–Trinajstić information content (AvgIpc) is 2.31. The molecule has 0 saturated heterocycles. The van der Waals surface area contributed by atoms with Crippen LogP contribution in [0, 0.1) is 0 Å². The third-order valence-corrected chi connectivity index (χ3v) is 2.75. The summed E-state index contributed by atoms with van der Waals surface area (Å²) in [5.41, 5.74) is 7.77. The summed E-state index contributed by atoms with van der Waals surface area (Å²) in [7, 11) is 0. The third-order valence-electron chi connectivity index (χ3n) is 2.50. The number of nitrogen functional groups attached to an aromatic ring is 1. The largest absolute Gasteiger partial charge is 0.383 e. The first kappa shape index (κ1) is 11.9. The van der Waals surface area contributed by atoms with Crippen LogP contribution in [0.4, 0.5) is 5.82 Å². The van der Waals surface area contributed by atoms with Gasteiger partial charge in [-0.25, -0.2) is 9.97 Å². The van der Waals surface area contributed by atoms with E-state index in [1.165, 1.54) is 0 Å². The Kier molecular flexibility index (Phi) is 3.59. The van der Waals surface area contributed by atoms with Gasteiger partial charge in [0.25, 0.3) is 0 Å². The van der Waals surface area contributed by atoms with E-state index in [0.29, 0.717) is 10.8 Å². The molecular formula is C13H14ClN3. The molecule has 2 aromatic rings. The van der Waals surface area contributed by atoms with E-state index < -0.39 is 0 Å². The minimum absolute atomic E-state index is 0.519. The molecule has 88 valence electrons. The average molecular weight is 248 g/mol. The van der Waals surface area contributed by atoms with Crippen LogP contribution in [0.15, 0.2) is 30.5 Å². The molecule has 0 aliphatic carbocycles. The van der Waals surface area contributed by atoms with Crippen molar-refractivity contribution in [3.05, 3.63) is 41.3 Å². The van der Waals surface area contributed by atoms with Crippen molar-refractivity contribution < 1.29 is 0 Å². The Bertz CT molecular complexity index is 509. The Balaban J connectivity index is 2.36. The topological polar surface area (TPSA) is 51.8 Å². The summed E-state index contributed by atoms with van der Waals surface area (Å²) in [6, 6.07) is 7.49. The molecule has 0 bridgehead atoms. The van der Waals surface area contributed by atoms with Gasteiger partial charge in [0.15, 0.2) is 0 Å². The van der Waals surface area contributed by atoms with Crippen LogP contribution < -0.4 is 5.73 Å². The maximum atomic E-state index is 5.94. The van der Waals surface area contributed by atoms with Crippen molar-refractivity contribution in [2.24, 2.45) is 0 Å².